The largest absolute Gasteiger partial charge is 0.437 e. The van der Waals surface area contributed by atoms with Crippen LogP contribution in [0.5, 0.6) is 0 Å². The Bertz CT molecular complexity index is 1400. The van der Waals surface area contributed by atoms with Crippen LogP contribution in [0.15, 0.2) is 51.7 Å². The zero-order chi connectivity index (χ0) is 28.8. The van der Waals surface area contributed by atoms with E-state index in [9.17, 15) is 19.2 Å². The number of benzene rings is 2. The smallest absolute Gasteiger partial charge is 0.384 e. The van der Waals surface area contributed by atoms with Gasteiger partial charge in [-0.25, -0.2) is 4.79 Å². The summed E-state index contributed by atoms with van der Waals surface area (Å²) in [4.78, 5) is 52.2. The fourth-order valence-electron chi connectivity index (χ4n) is 5.49. The fraction of sp³-hybridized carbons (Fsp3) is 0.516. The Labute approximate surface area is 234 Å². The molecule has 1 heterocycles. The fourth-order valence-corrected chi connectivity index (χ4v) is 5.49. The van der Waals surface area contributed by atoms with Crippen molar-refractivity contribution in [3.63, 3.8) is 0 Å². The van der Waals surface area contributed by atoms with Gasteiger partial charge in [-0.1, -0.05) is 83.0 Å². The molecule has 4 rings (SSSR count). The van der Waals surface area contributed by atoms with Gasteiger partial charge in [0.25, 0.3) is 5.89 Å². The van der Waals surface area contributed by atoms with Crippen LogP contribution in [0.1, 0.15) is 76.0 Å². The molecular weight excluding hydrogens is 508 g/mol. The molecule has 1 aromatic heterocycles. The summed E-state index contributed by atoms with van der Waals surface area (Å²) in [7, 11) is 0. The first-order valence-electron chi connectivity index (χ1n) is 14.3. The van der Waals surface area contributed by atoms with Gasteiger partial charge in [0.05, 0.1) is 24.9 Å². The number of fused-ring (bicyclic) bond motifs is 1. The first-order chi connectivity index (χ1) is 19.1. The summed E-state index contributed by atoms with van der Waals surface area (Å²) in [5.41, 5.74) is 0.938. The Morgan fingerprint density at radius 2 is 1.73 bits per heavy atom. The first-order valence-corrected chi connectivity index (χ1v) is 14.3. The number of amides is 2. The summed E-state index contributed by atoms with van der Waals surface area (Å²) in [6.07, 6.45) is 3.68. The monoisotopic (exact) mass is 548 g/mol. The number of carbonyl (C=O) groups excluding carboxylic acids is 3. The molecule has 0 radical (unpaired) electrons. The molecule has 1 fully saturated rings. The van der Waals surface area contributed by atoms with Gasteiger partial charge in [0, 0.05) is 6.04 Å². The normalized spacial score (nSPS) is 18.1. The highest BCUT2D eigenvalue weighted by atomic mass is 16.4. The highest BCUT2D eigenvalue weighted by Crippen LogP contribution is 2.26. The molecule has 3 atom stereocenters. The van der Waals surface area contributed by atoms with E-state index in [1.807, 2.05) is 70.2 Å². The van der Waals surface area contributed by atoms with Crippen molar-refractivity contribution in [2.45, 2.75) is 84.8 Å². The lowest BCUT2D eigenvalue weighted by Gasteiger charge is -2.32. The van der Waals surface area contributed by atoms with Crippen LogP contribution >= 0.6 is 0 Å². The zero-order valence-corrected chi connectivity index (χ0v) is 23.8. The molecular formula is C31H40N4O5. The topological polar surface area (TPSA) is 123 Å². The average molecular weight is 549 g/mol. The van der Waals surface area contributed by atoms with Gasteiger partial charge in [-0.05, 0) is 47.4 Å². The van der Waals surface area contributed by atoms with E-state index >= 15 is 0 Å². The minimum atomic E-state index is -0.882. The summed E-state index contributed by atoms with van der Waals surface area (Å²) < 4.78 is 6.31. The van der Waals surface area contributed by atoms with Gasteiger partial charge in [0.15, 0.2) is 0 Å². The molecule has 0 aliphatic heterocycles. The SMILES string of the molecule is CC(C)C[C@H](NC(=O)[C@@H]1CCCC[C@@H]1NC(=O)Cc1cccc2ccccc12)C(=O)c1nn(CC(C)C)c(=O)o1. The Morgan fingerprint density at radius 3 is 2.48 bits per heavy atom. The van der Waals surface area contributed by atoms with E-state index in [4.69, 9.17) is 4.42 Å². The number of carbonyl (C=O) groups is 3. The highest BCUT2D eigenvalue weighted by molar-refractivity contribution is 5.98. The van der Waals surface area contributed by atoms with Crippen molar-refractivity contribution < 1.29 is 18.8 Å². The van der Waals surface area contributed by atoms with Gasteiger partial charge in [-0.3, -0.25) is 14.4 Å². The molecule has 3 aromatic rings. The minimum Gasteiger partial charge on any atom is -0.384 e. The third kappa shape index (κ3) is 7.25. The number of aromatic nitrogens is 2. The van der Waals surface area contributed by atoms with Crippen LogP contribution in [-0.2, 0) is 22.6 Å². The van der Waals surface area contributed by atoms with Gasteiger partial charge in [0.1, 0.15) is 0 Å². The van der Waals surface area contributed by atoms with E-state index in [1.54, 1.807) is 0 Å². The van der Waals surface area contributed by atoms with Crippen LogP contribution < -0.4 is 16.4 Å². The Morgan fingerprint density at radius 1 is 1.00 bits per heavy atom. The Balaban J connectivity index is 1.45. The van der Waals surface area contributed by atoms with E-state index in [0.717, 1.165) is 33.9 Å². The predicted octanol–water partition coefficient (Wildman–Crippen LogP) is 4.28. The second-order valence-corrected chi connectivity index (χ2v) is 11.7. The lowest BCUT2D eigenvalue weighted by atomic mass is 9.83. The van der Waals surface area contributed by atoms with Gasteiger partial charge < -0.3 is 15.1 Å². The molecule has 2 N–H and O–H groups in total. The number of nitrogens with one attached hydrogen (secondary N) is 2. The van der Waals surface area contributed by atoms with Crippen molar-refractivity contribution in [1.29, 1.82) is 0 Å². The number of hydrogen-bond donors (Lipinski definition) is 2. The molecule has 2 aromatic carbocycles. The number of rotatable bonds is 11. The third-order valence-electron chi connectivity index (χ3n) is 7.38. The van der Waals surface area contributed by atoms with Gasteiger partial charge >= 0.3 is 5.76 Å². The Hall–Kier alpha value is -3.75. The summed E-state index contributed by atoms with van der Waals surface area (Å²) >= 11 is 0. The molecule has 0 spiro atoms. The van der Waals surface area contributed by atoms with Crippen molar-refractivity contribution in [2.24, 2.45) is 17.8 Å². The summed E-state index contributed by atoms with van der Waals surface area (Å²) in [5, 5.41) is 12.2. The van der Waals surface area contributed by atoms with E-state index in [2.05, 4.69) is 15.7 Å². The maximum absolute atomic E-state index is 13.5. The van der Waals surface area contributed by atoms with Gasteiger partial charge in [-0.2, -0.15) is 4.68 Å². The van der Waals surface area contributed by atoms with Crippen LogP contribution in [0.4, 0.5) is 0 Å². The van der Waals surface area contributed by atoms with E-state index in [-0.39, 0.29) is 42.0 Å². The average Bonchev–Trinajstić information content (AvgIpc) is 3.27. The van der Waals surface area contributed by atoms with Crippen LogP contribution in [0.3, 0.4) is 0 Å². The zero-order valence-electron chi connectivity index (χ0n) is 23.8. The van der Waals surface area contributed by atoms with Crippen molar-refractivity contribution in [3.05, 3.63) is 64.5 Å². The molecule has 0 bridgehead atoms. The van der Waals surface area contributed by atoms with E-state index in [0.29, 0.717) is 25.8 Å². The standard InChI is InChI=1S/C31H40N4O5/c1-19(2)16-26(28(37)30-34-35(18-20(3)4)31(39)40-30)33-29(38)24-14-7-8-15-25(24)32-27(36)17-22-12-9-11-21-10-5-6-13-23(21)22/h5-6,9-13,19-20,24-26H,7-8,14-18H2,1-4H3,(H,32,36)(H,33,38)/t24-,25+,26+/m1/s1. The predicted molar refractivity (Wildman–Crippen MR) is 153 cm³/mol. The number of hydrogen-bond acceptors (Lipinski definition) is 6. The lowest BCUT2D eigenvalue weighted by Crippen LogP contribution is -2.52. The molecule has 9 nitrogen and oxygen atoms in total. The van der Waals surface area contributed by atoms with Crippen molar-refractivity contribution in [3.8, 4) is 0 Å². The second kappa shape index (κ2) is 13.1. The molecule has 0 unspecified atom stereocenters. The van der Waals surface area contributed by atoms with Gasteiger partial charge in [-0.15, -0.1) is 5.10 Å². The lowest BCUT2D eigenvalue weighted by molar-refractivity contribution is -0.128. The molecule has 1 saturated carbocycles. The van der Waals surface area contributed by atoms with E-state index in [1.165, 1.54) is 0 Å². The van der Waals surface area contributed by atoms with Crippen molar-refractivity contribution in [2.75, 3.05) is 0 Å². The summed E-state index contributed by atoms with van der Waals surface area (Å²) in [5.74, 6) is -2.12. The minimum absolute atomic E-state index is 0.0984. The van der Waals surface area contributed by atoms with Crippen molar-refractivity contribution in [1.82, 2.24) is 20.4 Å². The highest BCUT2D eigenvalue weighted by Gasteiger charge is 2.35. The Kier molecular flexibility index (Phi) is 9.55. The number of Topliss-reactive ketones (excluding diaryl/α,β-unsaturated/α-hetero) is 1. The second-order valence-electron chi connectivity index (χ2n) is 11.7. The summed E-state index contributed by atoms with van der Waals surface area (Å²) in [6.45, 7) is 8.12. The maximum Gasteiger partial charge on any atom is 0.437 e. The van der Waals surface area contributed by atoms with E-state index < -0.39 is 23.5 Å². The molecule has 40 heavy (non-hydrogen) atoms. The van der Waals surface area contributed by atoms with Crippen LogP contribution in [0.2, 0.25) is 0 Å². The molecule has 1 aliphatic rings. The van der Waals surface area contributed by atoms with Crippen LogP contribution in [0.25, 0.3) is 10.8 Å². The van der Waals surface area contributed by atoms with Gasteiger partial charge in [0.2, 0.25) is 17.6 Å². The molecule has 214 valence electrons. The molecule has 0 saturated heterocycles. The maximum atomic E-state index is 13.5. The quantitative estimate of drug-likeness (QED) is 0.345. The van der Waals surface area contributed by atoms with Crippen LogP contribution in [0, 0.1) is 17.8 Å². The molecule has 2 amide bonds. The third-order valence-corrected chi connectivity index (χ3v) is 7.38. The molecule has 9 heteroatoms. The number of ketones is 1. The number of nitrogens with zero attached hydrogens (tertiary/aromatic N) is 2. The van der Waals surface area contributed by atoms with Crippen molar-refractivity contribution >= 4 is 28.4 Å². The molecule has 1 aliphatic carbocycles. The summed E-state index contributed by atoms with van der Waals surface area (Å²) in [6, 6.07) is 12.7. The first kappa shape index (κ1) is 29.2. The van der Waals surface area contributed by atoms with Crippen LogP contribution in [-0.4, -0.2) is 39.5 Å².